The fraction of sp³-hybridized carbons (Fsp3) is 0.130. The van der Waals surface area contributed by atoms with Crippen LogP contribution >= 0.6 is 15.9 Å². The number of halogens is 1. The van der Waals surface area contributed by atoms with Crippen LogP contribution in [0.15, 0.2) is 70.8 Å². The van der Waals surface area contributed by atoms with Crippen LogP contribution in [0, 0.1) is 0 Å². The summed E-state index contributed by atoms with van der Waals surface area (Å²) in [5.41, 5.74) is 3.28. The van der Waals surface area contributed by atoms with E-state index < -0.39 is 5.91 Å². The second-order valence-corrected chi connectivity index (χ2v) is 7.13. The number of amides is 1. The van der Waals surface area contributed by atoms with Crippen LogP contribution in [-0.2, 0) is 0 Å². The molecule has 0 aliphatic heterocycles. The molecule has 0 saturated carbocycles. The van der Waals surface area contributed by atoms with Gasteiger partial charge in [-0.25, -0.2) is 5.43 Å². The summed E-state index contributed by atoms with van der Waals surface area (Å²) in [6.07, 6.45) is 3.13. The zero-order valence-electron chi connectivity index (χ0n) is 16.4. The number of hydrazone groups is 1. The molecular weight excluding hydrogens is 448 g/mol. The van der Waals surface area contributed by atoms with E-state index >= 15 is 0 Å². The molecule has 0 saturated heterocycles. The lowest BCUT2D eigenvalue weighted by atomic mass is 10.1. The lowest BCUT2D eigenvalue weighted by molar-refractivity contribution is 0.0952. The monoisotopic (exact) mass is 468 g/mol. The van der Waals surface area contributed by atoms with Gasteiger partial charge in [-0.05, 0) is 63.5 Å². The van der Waals surface area contributed by atoms with Crippen LogP contribution in [-0.4, -0.2) is 30.4 Å². The molecular formula is C23H21BrN2O4. The van der Waals surface area contributed by atoms with Crippen molar-refractivity contribution in [3.8, 4) is 17.2 Å². The molecule has 7 heteroatoms. The molecule has 0 aromatic heterocycles. The zero-order valence-corrected chi connectivity index (χ0v) is 18.0. The highest BCUT2D eigenvalue weighted by atomic mass is 79.9. The summed E-state index contributed by atoms with van der Waals surface area (Å²) in [6, 6.07) is 14.2. The molecule has 0 heterocycles. The molecule has 3 aromatic rings. The number of hydrogen-bond donors (Lipinski definition) is 2. The number of ether oxygens (including phenoxy) is 2. The largest absolute Gasteiger partial charge is 0.507 e. The maximum atomic E-state index is 12.5. The Morgan fingerprint density at radius 1 is 1.20 bits per heavy atom. The Bertz CT molecular complexity index is 1110. The van der Waals surface area contributed by atoms with Crippen LogP contribution in [0.5, 0.6) is 17.2 Å². The van der Waals surface area contributed by atoms with Crippen molar-refractivity contribution in [3.05, 3.63) is 76.8 Å². The number of nitrogens with zero attached hydrogens (tertiary/aromatic N) is 1. The lowest BCUT2D eigenvalue weighted by Gasteiger charge is -2.13. The predicted octanol–water partition coefficient (Wildman–Crippen LogP) is 5.04. The van der Waals surface area contributed by atoms with E-state index in [0.717, 1.165) is 10.8 Å². The summed E-state index contributed by atoms with van der Waals surface area (Å²) in [5.74, 6) is 0.503. The van der Waals surface area contributed by atoms with Gasteiger partial charge < -0.3 is 14.6 Å². The second kappa shape index (κ2) is 9.93. The molecule has 0 radical (unpaired) electrons. The van der Waals surface area contributed by atoms with Gasteiger partial charge in [0.2, 0.25) is 0 Å². The molecule has 0 bridgehead atoms. The van der Waals surface area contributed by atoms with Gasteiger partial charge in [0.15, 0.2) is 11.5 Å². The number of fused-ring (bicyclic) bond motifs is 1. The minimum Gasteiger partial charge on any atom is -0.507 e. The van der Waals surface area contributed by atoms with E-state index in [9.17, 15) is 9.90 Å². The summed E-state index contributed by atoms with van der Waals surface area (Å²) in [6.45, 7) is 6.33. The van der Waals surface area contributed by atoms with Crippen LogP contribution in [0.25, 0.3) is 10.8 Å². The van der Waals surface area contributed by atoms with Crippen molar-refractivity contribution in [1.29, 1.82) is 0 Å². The molecule has 0 spiro atoms. The Morgan fingerprint density at radius 2 is 1.93 bits per heavy atom. The van der Waals surface area contributed by atoms with Gasteiger partial charge in [-0.15, -0.1) is 0 Å². The molecule has 154 valence electrons. The minimum atomic E-state index is -0.510. The average molecular weight is 469 g/mol. The van der Waals surface area contributed by atoms with Gasteiger partial charge in [0.25, 0.3) is 5.91 Å². The van der Waals surface area contributed by atoms with Crippen molar-refractivity contribution in [3.63, 3.8) is 0 Å². The molecule has 0 aliphatic rings. The Morgan fingerprint density at radius 3 is 2.63 bits per heavy atom. The van der Waals surface area contributed by atoms with Crippen molar-refractivity contribution >= 4 is 38.8 Å². The highest BCUT2D eigenvalue weighted by Gasteiger charge is 2.13. The Kier molecular flexibility index (Phi) is 7.08. The lowest BCUT2D eigenvalue weighted by Crippen LogP contribution is -2.17. The number of carbonyl (C=O) groups is 1. The number of nitrogens with one attached hydrogen (secondary N) is 1. The molecule has 1 amide bonds. The molecule has 3 aromatic carbocycles. The smallest absolute Gasteiger partial charge is 0.275 e. The zero-order chi connectivity index (χ0) is 21.5. The maximum absolute atomic E-state index is 12.5. The van der Waals surface area contributed by atoms with Gasteiger partial charge in [-0.2, -0.15) is 5.10 Å². The Hall–Kier alpha value is -3.32. The number of rotatable bonds is 8. The molecule has 0 fully saturated rings. The number of phenols is 1. The van der Waals surface area contributed by atoms with Crippen LogP contribution in [0.3, 0.4) is 0 Å². The second-order valence-electron chi connectivity index (χ2n) is 6.28. The number of benzene rings is 3. The third kappa shape index (κ3) is 4.99. The van der Waals surface area contributed by atoms with Crippen LogP contribution in [0.4, 0.5) is 0 Å². The average Bonchev–Trinajstić information content (AvgIpc) is 2.73. The SMILES string of the molecule is C=CCOc1c(Br)cc(C=NNC(=O)c2cc3ccccc3cc2O)cc1OCC. The maximum Gasteiger partial charge on any atom is 0.275 e. The first-order valence-corrected chi connectivity index (χ1v) is 10.1. The molecule has 6 nitrogen and oxygen atoms in total. The van der Waals surface area contributed by atoms with Crippen molar-refractivity contribution < 1.29 is 19.4 Å². The molecule has 3 rings (SSSR count). The van der Waals surface area contributed by atoms with Gasteiger partial charge in [0, 0.05) is 0 Å². The first kappa shape index (κ1) is 21.4. The fourth-order valence-corrected chi connectivity index (χ4v) is 3.42. The highest BCUT2D eigenvalue weighted by Crippen LogP contribution is 2.36. The Balaban J connectivity index is 1.78. The van der Waals surface area contributed by atoms with E-state index in [1.54, 1.807) is 30.3 Å². The molecule has 2 N–H and O–H groups in total. The van der Waals surface area contributed by atoms with Crippen molar-refractivity contribution in [1.82, 2.24) is 5.43 Å². The number of carbonyl (C=O) groups excluding carboxylic acids is 1. The number of aromatic hydroxyl groups is 1. The van der Waals surface area contributed by atoms with E-state index in [4.69, 9.17) is 9.47 Å². The molecule has 0 aliphatic carbocycles. The summed E-state index contributed by atoms with van der Waals surface area (Å²) in [4.78, 5) is 12.5. The summed E-state index contributed by atoms with van der Waals surface area (Å²) in [5, 5.41) is 15.9. The highest BCUT2D eigenvalue weighted by molar-refractivity contribution is 9.10. The van der Waals surface area contributed by atoms with Gasteiger partial charge in [0.05, 0.1) is 22.9 Å². The van der Waals surface area contributed by atoms with Crippen molar-refractivity contribution in [2.45, 2.75) is 6.92 Å². The van der Waals surface area contributed by atoms with Gasteiger partial charge >= 0.3 is 0 Å². The third-order valence-corrected chi connectivity index (χ3v) is 4.75. The normalized spacial score (nSPS) is 10.9. The summed E-state index contributed by atoms with van der Waals surface area (Å²) in [7, 11) is 0. The van der Waals surface area contributed by atoms with E-state index in [2.05, 4.69) is 33.0 Å². The van der Waals surface area contributed by atoms with Crippen LogP contribution < -0.4 is 14.9 Å². The van der Waals surface area contributed by atoms with Crippen LogP contribution in [0.2, 0.25) is 0 Å². The van der Waals surface area contributed by atoms with E-state index in [1.165, 1.54) is 6.21 Å². The Labute approximate surface area is 183 Å². The molecule has 0 atom stereocenters. The standard InChI is InChI=1S/C23H21BrN2O4/c1-3-9-30-22-19(24)10-15(11-21(22)29-4-2)14-25-26-23(28)18-12-16-7-5-6-8-17(16)13-20(18)27/h3,5-8,10-14,27H,1,4,9H2,2H3,(H,26,28). The quantitative estimate of drug-likeness (QED) is 0.275. The molecule has 0 unspecified atom stereocenters. The fourth-order valence-electron chi connectivity index (χ4n) is 2.84. The minimum absolute atomic E-state index is 0.105. The molecule has 30 heavy (non-hydrogen) atoms. The first-order valence-electron chi connectivity index (χ1n) is 9.28. The van der Waals surface area contributed by atoms with E-state index in [0.29, 0.717) is 34.7 Å². The summed E-state index contributed by atoms with van der Waals surface area (Å²) >= 11 is 3.47. The summed E-state index contributed by atoms with van der Waals surface area (Å²) < 4.78 is 12.0. The van der Waals surface area contributed by atoms with Gasteiger partial charge in [-0.3, -0.25) is 4.79 Å². The number of hydrogen-bond acceptors (Lipinski definition) is 5. The number of phenolic OH excluding ortho intramolecular Hbond substituents is 1. The van der Waals surface area contributed by atoms with E-state index in [1.807, 2.05) is 31.2 Å². The van der Waals surface area contributed by atoms with Gasteiger partial charge in [0.1, 0.15) is 12.4 Å². The van der Waals surface area contributed by atoms with Gasteiger partial charge in [-0.1, -0.05) is 36.9 Å². The van der Waals surface area contributed by atoms with E-state index in [-0.39, 0.29) is 11.3 Å². The van der Waals surface area contributed by atoms with Crippen molar-refractivity contribution in [2.24, 2.45) is 5.10 Å². The third-order valence-electron chi connectivity index (χ3n) is 4.17. The predicted molar refractivity (Wildman–Crippen MR) is 122 cm³/mol. The first-order chi connectivity index (χ1) is 14.5. The van der Waals surface area contributed by atoms with Crippen molar-refractivity contribution in [2.75, 3.05) is 13.2 Å². The van der Waals surface area contributed by atoms with Crippen LogP contribution in [0.1, 0.15) is 22.8 Å². The topological polar surface area (TPSA) is 80.2 Å².